The predicted molar refractivity (Wildman–Crippen MR) is 92.6 cm³/mol. The van der Waals surface area contributed by atoms with Gasteiger partial charge in [-0.15, -0.1) is 0 Å². The van der Waals surface area contributed by atoms with Crippen LogP contribution in [-0.4, -0.2) is 46.8 Å². The average molecular weight is 343 g/mol. The summed E-state index contributed by atoms with van der Waals surface area (Å²) in [6.45, 7) is 0.947. The largest absolute Gasteiger partial charge is 0.497 e. The number of benzene rings is 1. The number of likely N-dealkylation sites (tertiary alicyclic amines) is 1. The Balaban J connectivity index is 1.76. The lowest BCUT2D eigenvalue weighted by Gasteiger charge is -2.31. The van der Waals surface area contributed by atoms with E-state index in [0.29, 0.717) is 24.5 Å². The molecule has 0 bridgehead atoms. The number of hydrogen-bond donors (Lipinski definition) is 2. The maximum atomic E-state index is 12.5. The molecule has 0 aliphatic carbocycles. The Morgan fingerprint density at radius 3 is 2.88 bits per heavy atom. The molecule has 0 radical (unpaired) electrons. The first kappa shape index (κ1) is 16.8. The number of hydrogen-bond acceptors (Lipinski definition) is 4. The summed E-state index contributed by atoms with van der Waals surface area (Å²) < 4.78 is 6.98. The van der Waals surface area contributed by atoms with Crippen molar-refractivity contribution < 1.29 is 14.3 Å². The van der Waals surface area contributed by atoms with Crippen molar-refractivity contribution in [1.82, 2.24) is 14.7 Å². The minimum absolute atomic E-state index is 0.259. The molecule has 8 heteroatoms. The third-order valence-electron chi connectivity index (χ3n) is 4.26. The molecule has 2 heterocycles. The molecule has 132 valence electrons. The summed E-state index contributed by atoms with van der Waals surface area (Å²) in [6.07, 6.45) is 4.97. The molecule has 1 aliphatic rings. The third-order valence-corrected chi connectivity index (χ3v) is 4.26. The van der Waals surface area contributed by atoms with Gasteiger partial charge in [0, 0.05) is 43.3 Å². The summed E-state index contributed by atoms with van der Waals surface area (Å²) in [4.78, 5) is 25.5. The van der Waals surface area contributed by atoms with Crippen molar-refractivity contribution in [2.24, 2.45) is 11.7 Å². The fourth-order valence-corrected chi connectivity index (χ4v) is 2.92. The maximum absolute atomic E-state index is 12.5. The monoisotopic (exact) mass is 343 g/mol. The highest BCUT2D eigenvalue weighted by Crippen LogP contribution is 2.24. The summed E-state index contributed by atoms with van der Waals surface area (Å²) in [5.74, 6) is -0.0405. The van der Waals surface area contributed by atoms with Crippen LogP contribution in [0.25, 0.3) is 5.69 Å². The summed E-state index contributed by atoms with van der Waals surface area (Å²) in [7, 11) is 1.57. The Bertz CT molecular complexity index is 760. The number of urea groups is 1. The Morgan fingerprint density at radius 1 is 1.36 bits per heavy atom. The van der Waals surface area contributed by atoms with Crippen LogP contribution in [-0.2, 0) is 4.79 Å². The van der Waals surface area contributed by atoms with Gasteiger partial charge in [0.1, 0.15) is 5.75 Å². The molecule has 0 spiro atoms. The number of rotatable bonds is 4. The van der Waals surface area contributed by atoms with Gasteiger partial charge < -0.3 is 20.7 Å². The smallest absolute Gasteiger partial charge is 0.321 e. The van der Waals surface area contributed by atoms with E-state index in [0.717, 1.165) is 18.5 Å². The Morgan fingerprint density at radius 2 is 2.20 bits per heavy atom. The number of nitrogens with two attached hydrogens (primary N) is 1. The van der Waals surface area contributed by atoms with E-state index < -0.39 is 0 Å². The first-order valence-corrected chi connectivity index (χ1v) is 8.11. The number of nitrogens with zero attached hydrogens (tertiary/aromatic N) is 3. The molecular formula is C17H21N5O3. The van der Waals surface area contributed by atoms with E-state index >= 15 is 0 Å². The molecule has 2 aromatic rings. The topological polar surface area (TPSA) is 102 Å². The minimum Gasteiger partial charge on any atom is -0.497 e. The van der Waals surface area contributed by atoms with Crippen molar-refractivity contribution in [2.75, 3.05) is 25.5 Å². The molecule has 8 nitrogen and oxygen atoms in total. The van der Waals surface area contributed by atoms with Gasteiger partial charge in [0.2, 0.25) is 5.91 Å². The van der Waals surface area contributed by atoms with E-state index in [1.165, 1.54) is 0 Å². The van der Waals surface area contributed by atoms with Crippen LogP contribution in [0.4, 0.5) is 10.5 Å². The van der Waals surface area contributed by atoms with Crippen LogP contribution in [0, 0.1) is 5.92 Å². The first-order valence-electron chi connectivity index (χ1n) is 8.11. The van der Waals surface area contributed by atoms with Gasteiger partial charge in [0.15, 0.2) is 0 Å². The van der Waals surface area contributed by atoms with E-state index in [1.807, 2.05) is 24.4 Å². The van der Waals surface area contributed by atoms with Crippen LogP contribution >= 0.6 is 0 Å². The highest BCUT2D eigenvalue weighted by molar-refractivity contribution is 5.90. The van der Waals surface area contributed by atoms with Gasteiger partial charge in [0.25, 0.3) is 0 Å². The zero-order valence-electron chi connectivity index (χ0n) is 14.0. The fraction of sp³-hybridized carbons (Fsp3) is 0.353. The number of anilines is 1. The number of methoxy groups -OCH3 is 1. The van der Waals surface area contributed by atoms with Gasteiger partial charge in [-0.05, 0) is 25.0 Å². The van der Waals surface area contributed by atoms with Crippen LogP contribution in [0.15, 0.2) is 36.7 Å². The Labute approximate surface area is 145 Å². The molecule has 1 aliphatic heterocycles. The van der Waals surface area contributed by atoms with Crippen molar-refractivity contribution in [2.45, 2.75) is 12.8 Å². The normalized spacial score (nSPS) is 17.2. The molecule has 25 heavy (non-hydrogen) atoms. The molecule has 3 rings (SSSR count). The van der Waals surface area contributed by atoms with Crippen LogP contribution < -0.4 is 15.8 Å². The number of carbonyl (C=O) groups excluding carboxylic acids is 2. The third kappa shape index (κ3) is 3.90. The second kappa shape index (κ2) is 7.25. The minimum atomic E-state index is -0.361. The molecule has 1 fully saturated rings. The Kier molecular flexibility index (Phi) is 4.87. The number of piperidine rings is 1. The van der Waals surface area contributed by atoms with Gasteiger partial charge in [-0.3, -0.25) is 4.79 Å². The van der Waals surface area contributed by atoms with Crippen molar-refractivity contribution in [3.8, 4) is 11.4 Å². The van der Waals surface area contributed by atoms with Crippen LogP contribution in [0.1, 0.15) is 12.8 Å². The molecule has 1 aromatic heterocycles. The standard InChI is InChI=1S/C17H21N5O3/c1-25-15-9-13(8-14(10-15)22-7-3-5-19-22)20-17(24)21-6-2-4-12(11-21)16(18)23/h3,5,7-10,12H,2,4,6,11H2,1H3,(H2,18,23)(H,20,24)/t12-/m0/s1. The molecule has 1 saturated heterocycles. The second-order valence-electron chi connectivity index (χ2n) is 5.99. The molecule has 3 amide bonds. The SMILES string of the molecule is COc1cc(NC(=O)N2CCC[C@H](C(N)=O)C2)cc(-n2cccn2)c1. The van der Waals surface area contributed by atoms with E-state index in [1.54, 1.807) is 29.0 Å². The molecule has 1 atom stereocenters. The van der Waals surface area contributed by atoms with Crippen molar-refractivity contribution in [3.05, 3.63) is 36.7 Å². The summed E-state index contributed by atoms with van der Waals surface area (Å²) >= 11 is 0. The first-order chi connectivity index (χ1) is 12.1. The highest BCUT2D eigenvalue weighted by Gasteiger charge is 2.27. The number of aromatic nitrogens is 2. The molecule has 1 aromatic carbocycles. The summed E-state index contributed by atoms with van der Waals surface area (Å²) in [6, 6.07) is 6.93. The van der Waals surface area contributed by atoms with Crippen molar-refractivity contribution in [1.29, 1.82) is 0 Å². The van der Waals surface area contributed by atoms with Crippen LogP contribution in [0.2, 0.25) is 0 Å². The summed E-state index contributed by atoms with van der Waals surface area (Å²) in [5, 5.41) is 7.05. The number of carbonyl (C=O) groups is 2. The summed E-state index contributed by atoms with van der Waals surface area (Å²) in [5.41, 5.74) is 6.74. The molecule has 3 N–H and O–H groups in total. The van der Waals surface area contributed by atoms with E-state index in [4.69, 9.17) is 10.5 Å². The number of primary amides is 1. The predicted octanol–water partition coefficient (Wildman–Crippen LogP) is 1.61. The van der Waals surface area contributed by atoms with Crippen molar-refractivity contribution in [3.63, 3.8) is 0 Å². The van der Waals surface area contributed by atoms with Gasteiger partial charge >= 0.3 is 6.03 Å². The molecule has 0 unspecified atom stereocenters. The quantitative estimate of drug-likeness (QED) is 0.880. The zero-order chi connectivity index (χ0) is 17.8. The van der Waals surface area contributed by atoms with Crippen LogP contribution in [0.5, 0.6) is 5.75 Å². The highest BCUT2D eigenvalue weighted by atomic mass is 16.5. The Hall–Kier alpha value is -3.03. The number of nitrogens with one attached hydrogen (secondary N) is 1. The van der Waals surface area contributed by atoms with Crippen LogP contribution in [0.3, 0.4) is 0 Å². The lowest BCUT2D eigenvalue weighted by molar-refractivity contribution is -0.123. The van der Waals surface area contributed by atoms with Gasteiger partial charge in [0.05, 0.1) is 18.7 Å². The van der Waals surface area contributed by atoms with Gasteiger partial charge in [-0.2, -0.15) is 5.10 Å². The fourth-order valence-electron chi connectivity index (χ4n) is 2.92. The van der Waals surface area contributed by atoms with Crippen molar-refractivity contribution >= 4 is 17.6 Å². The maximum Gasteiger partial charge on any atom is 0.321 e. The number of ether oxygens (including phenoxy) is 1. The van der Waals surface area contributed by atoms with E-state index in [2.05, 4.69) is 10.4 Å². The number of amides is 3. The average Bonchev–Trinajstić information content (AvgIpc) is 3.16. The van der Waals surface area contributed by atoms with E-state index in [-0.39, 0.29) is 17.9 Å². The zero-order valence-corrected chi connectivity index (χ0v) is 14.0. The van der Waals surface area contributed by atoms with E-state index in [9.17, 15) is 9.59 Å². The van der Waals surface area contributed by atoms with Gasteiger partial charge in [-0.25, -0.2) is 9.48 Å². The molecule has 0 saturated carbocycles. The lowest BCUT2D eigenvalue weighted by Crippen LogP contribution is -2.45. The van der Waals surface area contributed by atoms with Gasteiger partial charge in [-0.1, -0.05) is 0 Å². The lowest BCUT2D eigenvalue weighted by atomic mass is 9.98. The second-order valence-corrected chi connectivity index (χ2v) is 5.99. The molecular weight excluding hydrogens is 322 g/mol.